The molecule has 20 heavy (non-hydrogen) atoms. The molecule has 2 aromatic carbocycles. The van der Waals surface area contributed by atoms with Crippen molar-refractivity contribution in [3.8, 4) is 0 Å². The van der Waals surface area contributed by atoms with Crippen molar-refractivity contribution in [3.05, 3.63) is 71.8 Å². The molecule has 0 amide bonds. The molecule has 0 saturated carbocycles. The van der Waals surface area contributed by atoms with Gasteiger partial charge in [0.2, 0.25) is 0 Å². The monoisotopic (exact) mass is 265 g/mol. The van der Waals surface area contributed by atoms with Crippen molar-refractivity contribution >= 4 is 0 Å². The molecule has 2 nitrogen and oxygen atoms in total. The molecule has 2 aromatic rings. The van der Waals surface area contributed by atoms with E-state index in [9.17, 15) is 0 Å². The van der Waals surface area contributed by atoms with Crippen LogP contribution in [0.5, 0.6) is 0 Å². The predicted molar refractivity (Wildman–Crippen MR) is 82.8 cm³/mol. The van der Waals surface area contributed by atoms with Crippen molar-refractivity contribution in [3.63, 3.8) is 0 Å². The van der Waals surface area contributed by atoms with Crippen LogP contribution in [0.1, 0.15) is 23.6 Å². The summed E-state index contributed by atoms with van der Waals surface area (Å²) in [6, 6.07) is 22.0. The first-order valence-corrected chi connectivity index (χ1v) is 7.42. The highest BCUT2D eigenvalue weighted by molar-refractivity contribution is 5.31. The Balaban J connectivity index is 1.95. The van der Waals surface area contributed by atoms with Gasteiger partial charge in [0.1, 0.15) is 0 Å². The number of hydrogen-bond donors (Lipinski definition) is 0. The largest absolute Gasteiger partial charge is 0.291 e. The van der Waals surface area contributed by atoms with E-state index < -0.39 is 0 Å². The Morgan fingerprint density at radius 3 is 1.95 bits per heavy atom. The van der Waals surface area contributed by atoms with Crippen LogP contribution < -0.4 is 5.32 Å². The molecule has 1 heterocycles. The molecule has 1 aliphatic rings. The maximum Gasteiger partial charge on any atom is 0.0602 e. The van der Waals surface area contributed by atoms with Crippen LogP contribution >= 0.6 is 0 Å². The predicted octanol–water partition coefficient (Wildman–Crippen LogP) is 3.09. The molecular weight excluding hydrogens is 244 g/mol. The van der Waals surface area contributed by atoms with Crippen molar-refractivity contribution in [2.24, 2.45) is 0 Å². The standard InChI is InChI=1S/C18H21N2/c1-3-8-16(9-4-1)18(17-10-5-2-6-11-17)20-14-7-12-19-13-15-20/h1-6,8-11,18H,7,12-15H2. The van der Waals surface area contributed by atoms with Crippen molar-refractivity contribution in [1.82, 2.24) is 10.2 Å². The highest BCUT2D eigenvalue weighted by Gasteiger charge is 2.22. The van der Waals surface area contributed by atoms with Crippen LogP contribution in [0.25, 0.3) is 0 Å². The number of benzene rings is 2. The Hall–Kier alpha value is -1.64. The van der Waals surface area contributed by atoms with Crippen molar-refractivity contribution in [2.45, 2.75) is 12.5 Å². The van der Waals surface area contributed by atoms with Crippen LogP contribution in [-0.2, 0) is 0 Å². The zero-order valence-electron chi connectivity index (χ0n) is 11.8. The first-order valence-electron chi connectivity index (χ1n) is 7.42. The summed E-state index contributed by atoms with van der Waals surface area (Å²) < 4.78 is 0. The van der Waals surface area contributed by atoms with Crippen LogP contribution in [0.2, 0.25) is 0 Å². The Labute approximate surface area is 121 Å². The SMILES string of the molecule is c1ccc(C(c2ccccc2)N2CCC[N]CC2)cc1. The molecule has 0 spiro atoms. The van der Waals surface area contributed by atoms with Gasteiger partial charge >= 0.3 is 0 Å². The van der Waals surface area contributed by atoms with E-state index in [0.717, 1.165) is 32.6 Å². The van der Waals surface area contributed by atoms with Gasteiger partial charge in [-0.25, -0.2) is 5.32 Å². The molecule has 1 fully saturated rings. The molecular formula is C18H21N2. The molecule has 0 bridgehead atoms. The Kier molecular flexibility index (Phi) is 4.46. The third kappa shape index (κ3) is 3.09. The van der Waals surface area contributed by atoms with E-state index in [-0.39, 0.29) is 0 Å². The maximum absolute atomic E-state index is 4.55. The molecule has 0 atom stereocenters. The average Bonchev–Trinajstić information content (AvgIpc) is 2.79. The molecule has 0 aliphatic carbocycles. The van der Waals surface area contributed by atoms with Gasteiger partial charge in [0.25, 0.3) is 0 Å². The molecule has 0 unspecified atom stereocenters. The highest BCUT2D eigenvalue weighted by atomic mass is 15.2. The summed E-state index contributed by atoms with van der Waals surface area (Å²) in [5, 5.41) is 4.55. The minimum Gasteiger partial charge on any atom is -0.291 e. The fraction of sp³-hybridized carbons (Fsp3) is 0.333. The van der Waals surface area contributed by atoms with Gasteiger partial charge in [0, 0.05) is 26.2 Å². The molecule has 3 rings (SSSR count). The smallest absolute Gasteiger partial charge is 0.0602 e. The minimum absolute atomic E-state index is 0.352. The van der Waals surface area contributed by atoms with Gasteiger partial charge in [-0.2, -0.15) is 0 Å². The summed E-state index contributed by atoms with van der Waals surface area (Å²) in [4.78, 5) is 2.57. The second-order valence-corrected chi connectivity index (χ2v) is 5.28. The van der Waals surface area contributed by atoms with Crippen LogP contribution in [0.4, 0.5) is 0 Å². The molecule has 0 aromatic heterocycles. The first kappa shape index (κ1) is 13.3. The molecule has 0 N–H and O–H groups in total. The highest BCUT2D eigenvalue weighted by Crippen LogP contribution is 2.28. The lowest BCUT2D eigenvalue weighted by Crippen LogP contribution is -2.32. The lowest BCUT2D eigenvalue weighted by molar-refractivity contribution is 0.241. The fourth-order valence-corrected chi connectivity index (χ4v) is 2.95. The number of rotatable bonds is 3. The van der Waals surface area contributed by atoms with Gasteiger partial charge in [-0.15, -0.1) is 0 Å². The van der Waals surface area contributed by atoms with Gasteiger partial charge in [0.05, 0.1) is 6.04 Å². The van der Waals surface area contributed by atoms with Gasteiger partial charge in [-0.05, 0) is 17.5 Å². The van der Waals surface area contributed by atoms with Crippen molar-refractivity contribution in [2.75, 3.05) is 26.2 Å². The zero-order chi connectivity index (χ0) is 13.6. The summed E-state index contributed by atoms with van der Waals surface area (Å²) in [6.07, 6.45) is 1.16. The normalized spacial score (nSPS) is 17.1. The third-order valence-electron chi connectivity index (χ3n) is 3.90. The fourth-order valence-electron chi connectivity index (χ4n) is 2.95. The van der Waals surface area contributed by atoms with Crippen molar-refractivity contribution < 1.29 is 0 Å². The summed E-state index contributed by atoms with van der Waals surface area (Å²) in [5.74, 6) is 0. The van der Waals surface area contributed by atoms with Crippen molar-refractivity contribution in [1.29, 1.82) is 0 Å². The van der Waals surface area contributed by atoms with Crippen LogP contribution in [0.3, 0.4) is 0 Å². The maximum atomic E-state index is 4.55. The zero-order valence-corrected chi connectivity index (χ0v) is 11.8. The molecule has 1 aliphatic heterocycles. The minimum atomic E-state index is 0.352. The van der Waals surface area contributed by atoms with E-state index in [4.69, 9.17) is 0 Å². The molecule has 103 valence electrons. The lowest BCUT2D eigenvalue weighted by atomic mass is 9.97. The van der Waals surface area contributed by atoms with Gasteiger partial charge in [-0.3, -0.25) is 4.90 Å². The number of hydrogen-bond acceptors (Lipinski definition) is 1. The Morgan fingerprint density at radius 2 is 1.35 bits per heavy atom. The summed E-state index contributed by atoms with van der Waals surface area (Å²) in [7, 11) is 0. The van der Waals surface area contributed by atoms with Gasteiger partial charge in [0.15, 0.2) is 0 Å². The van der Waals surface area contributed by atoms with Gasteiger partial charge < -0.3 is 0 Å². The van der Waals surface area contributed by atoms with E-state index in [2.05, 4.69) is 70.9 Å². The van der Waals surface area contributed by atoms with Crippen LogP contribution in [-0.4, -0.2) is 31.1 Å². The number of nitrogens with zero attached hydrogens (tertiary/aromatic N) is 2. The summed E-state index contributed by atoms with van der Waals surface area (Å²) in [6.45, 7) is 4.13. The molecule has 1 saturated heterocycles. The van der Waals surface area contributed by atoms with E-state index in [0.29, 0.717) is 6.04 Å². The lowest BCUT2D eigenvalue weighted by Gasteiger charge is -2.31. The third-order valence-corrected chi connectivity index (χ3v) is 3.90. The van der Waals surface area contributed by atoms with Gasteiger partial charge in [-0.1, -0.05) is 60.7 Å². The van der Waals surface area contributed by atoms with Crippen LogP contribution in [0.15, 0.2) is 60.7 Å². The van der Waals surface area contributed by atoms with E-state index in [1.54, 1.807) is 0 Å². The summed E-state index contributed by atoms with van der Waals surface area (Å²) in [5.41, 5.74) is 2.75. The quantitative estimate of drug-likeness (QED) is 0.833. The first-order chi connectivity index (χ1) is 9.95. The second-order valence-electron chi connectivity index (χ2n) is 5.28. The second kappa shape index (κ2) is 6.69. The Morgan fingerprint density at radius 1 is 0.750 bits per heavy atom. The summed E-state index contributed by atoms with van der Waals surface area (Å²) >= 11 is 0. The molecule has 2 heteroatoms. The topological polar surface area (TPSA) is 17.3 Å². The van der Waals surface area contributed by atoms with E-state index >= 15 is 0 Å². The van der Waals surface area contributed by atoms with E-state index in [1.165, 1.54) is 11.1 Å². The average molecular weight is 265 g/mol. The van der Waals surface area contributed by atoms with E-state index in [1.807, 2.05) is 0 Å². The van der Waals surface area contributed by atoms with Crippen LogP contribution in [0, 0.1) is 0 Å². The Bertz CT molecular complexity index is 462. The molecule has 1 radical (unpaired) electrons.